The van der Waals surface area contributed by atoms with Crippen LogP contribution in [-0.2, 0) is 3.82 Å². The number of aliphatic hydroxyl groups is 1. The van der Waals surface area contributed by atoms with Crippen LogP contribution in [0.3, 0.4) is 0 Å². The van der Waals surface area contributed by atoms with Gasteiger partial charge in [0.15, 0.2) is 0 Å². The molecular formula is C8H13ClO2Se. The van der Waals surface area contributed by atoms with Crippen molar-refractivity contribution in [3.8, 4) is 0 Å². The van der Waals surface area contributed by atoms with Crippen molar-refractivity contribution in [3.05, 3.63) is 9.50 Å². The third kappa shape index (κ3) is 1.86. The number of hydrogen-bond acceptors (Lipinski definition) is 2. The SMILES string of the molecule is CC(C)(O)C1=C(Cl)C(C)(C)O[Se]1. The molecule has 0 atom stereocenters. The van der Waals surface area contributed by atoms with Gasteiger partial charge in [-0.3, -0.25) is 0 Å². The maximum absolute atomic E-state index is 9.71. The Labute approximate surface area is 84.4 Å². The summed E-state index contributed by atoms with van der Waals surface area (Å²) in [6.45, 7) is 7.29. The Morgan fingerprint density at radius 3 is 2.17 bits per heavy atom. The van der Waals surface area contributed by atoms with Crippen molar-refractivity contribution >= 4 is 26.9 Å². The van der Waals surface area contributed by atoms with Gasteiger partial charge in [-0.2, -0.15) is 0 Å². The Balaban J connectivity index is 3.01. The predicted octanol–water partition coefficient (Wildman–Crippen LogP) is 1.64. The van der Waals surface area contributed by atoms with Crippen LogP contribution in [0.1, 0.15) is 27.7 Å². The van der Waals surface area contributed by atoms with Crippen LogP contribution < -0.4 is 0 Å². The van der Waals surface area contributed by atoms with Gasteiger partial charge in [-0.15, -0.1) is 0 Å². The molecular weight excluding hydrogens is 242 g/mol. The fraction of sp³-hybridized carbons (Fsp3) is 0.750. The van der Waals surface area contributed by atoms with Crippen molar-refractivity contribution in [2.24, 2.45) is 0 Å². The number of hydrogen-bond donors (Lipinski definition) is 1. The predicted molar refractivity (Wildman–Crippen MR) is 50.1 cm³/mol. The fourth-order valence-electron chi connectivity index (χ4n) is 0.863. The summed E-state index contributed by atoms with van der Waals surface area (Å²) >= 11 is 5.94. The molecule has 1 rings (SSSR count). The van der Waals surface area contributed by atoms with Gasteiger partial charge < -0.3 is 0 Å². The Kier molecular flexibility index (Phi) is 2.64. The van der Waals surface area contributed by atoms with Crippen LogP contribution in [0.2, 0.25) is 0 Å². The second kappa shape index (κ2) is 3.00. The zero-order chi connectivity index (χ0) is 9.57. The van der Waals surface area contributed by atoms with E-state index >= 15 is 0 Å². The zero-order valence-electron chi connectivity index (χ0n) is 7.64. The van der Waals surface area contributed by atoms with E-state index in [1.54, 1.807) is 13.8 Å². The molecule has 0 aromatic heterocycles. The second-order valence-corrected chi connectivity index (χ2v) is 5.81. The quantitative estimate of drug-likeness (QED) is 0.722. The topological polar surface area (TPSA) is 29.5 Å². The average molecular weight is 256 g/mol. The van der Waals surface area contributed by atoms with E-state index in [4.69, 9.17) is 15.4 Å². The van der Waals surface area contributed by atoms with Gasteiger partial charge in [-0.1, -0.05) is 0 Å². The van der Waals surface area contributed by atoms with Crippen molar-refractivity contribution in [2.45, 2.75) is 38.9 Å². The molecule has 4 heteroatoms. The minimum absolute atomic E-state index is 0.126. The Hall–Kier alpha value is 0.469. The van der Waals surface area contributed by atoms with Gasteiger partial charge in [0.25, 0.3) is 0 Å². The molecule has 2 nitrogen and oxygen atoms in total. The fourth-order valence-corrected chi connectivity index (χ4v) is 3.28. The molecule has 1 N–H and O–H groups in total. The molecule has 0 amide bonds. The van der Waals surface area contributed by atoms with E-state index in [1.165, 1.54) is 0 Å². The molecule has 0 fully saturated rings. The van der Waals surface area contributed by atoms with Crippen LogP contribution in [0.15, 0.2) is 9.50 Å². The van der Waals surface area contributed by atoms with Crippen LogP contribution in [0.25, 0.3) is 0 Å². The first-order valence-corrected chi connectivity index (χ1v) is 5.67. The van der Waals surface area contributed by atoms with E-state index in [2.05, 4.69) is 0 Å². The summed E-state index contributed by atoms with van der Waals surface area (Å²) < 4.78 is 6.34. The summed E-state index contributed by atoms with van der Waals surface area (Å²) in [6, 6.07) is 0. The van der Waals surface area contributed by atoms with Crippen LogP contribution in [0.4, 0.5) is 0 Å². The standard InChI is InChI=1S/C8H13ClO2Se/c1-7(2,10)6-5(9)8(3,4)11-12-6/h10H,1-4H3. The molecule has 1 heterocycles. The van der Waals surface area contributed by atoms with Crippen LogP contribution in [0.5, 0.6) is 0 Å². The van der Waals surface area contributed by atoms with Crippen LogP contribution >= 0.6 is 11.6 Å². The van der Waals surface area contributed by atoms with Crippen LogP contribution in [0, 0.1) is 0 Å². The van der Waals surface area contributed by atoms with Gasteiger partial charge >= 0.3 is 84.2 Å². The van der Waals surface area contributed by atoms with E-state index < -0.39 is 11.2 Å². The first-order valence-electron chi connectivity index (χ1n) is 3.74. The molecule has 0 aromatic carbocycles. The number of halogens is 1. The van der Waals surface area contributed by atoms with E-state index in [-0.39, 0.29) is 15.3 Å². The molecule has 0 bridgehead atoms. The monoisotopic (exact) mass is 256 g/mol. The Morgan fingerprint density at radius 2 is 2.00 bits per heavy atom. The van der Waals surface area contributed by atoms with Crippen LogP contribution in [-0.4, -0.2) is 31.6 Å². The molecule has 0 unspecified atom stereocenters. The van der Waals surface area contributed by atoms with Gasteiger partial charge in [0.05, 0.1) is 0 Å². The summed E-state index contributed by atoms with van der Waals surface area (Å²) in [5, 5.41) is 10.4. The van der Waals surface area contributed by atoms with Crippen molar-refractivity contribution < 1.29 is 8.93 Å². The van der Waals surface area contributed by atoms with Crippen molar-refractivity contribution in [1.29, 1.82) is 0 Å². The minimum atomic E-state index is -0.842. The van der Waals surface area contributed by atoms with Gasteiger partial charge in [0, 0.05) is 0 Å². The normalized spacial score (nSPS) is 23.5. The first kappa shape index (κ1) is 10.5. The molecule has 70 valence electrons. The van der Waals surface area contributed by atoms with Gasteiger partial charge in [0.2, 0.25) is 0 Å². The summed E-state index contributed by atoms with van der Waals surface area (Å²) in [4.78, 5) is 0. The third-order valence-corrected chi connectivity index (χ3v) is 5.39. The van der Waals surface area contributed by atoms with E-state index in [0.717, 1.165) is 4.47 Å². The number of rotatable bonds is 1. The summed E-state index contributed by atoms with van der Waals surface area (Å²) in [5.74, 6) is 0. The third-order valence-electron chi connectivity index (χ3n) is 1.62. The maximum atomic E-state index is 9.71. The molecule has 0 aliphatic carbocycles. The molecule has 0 saturated carbocycles. The molecule has 0 spiro atoms. The summed E-state index contributed by atoms with van der Waals surface area (Å²) in [5.41, 5.74) is -1.25. The zero-order valence-corrected chi connectivity index (χ0v) is 10.1. The summed E-state index contributed by atoms with van der Waals surface area (Å²) in [6.07, 6.45) is 0. The van der Waals surface area contributed by atoms with Crippen molar-refractivity contribution in [1.82, 2.24) is 0 Å². The summed E-state index contributed by atoms with van der Waals surface area (Å²) in [7, 11) is 0. The Bertz CT molecular complexity index is 228. The second-order valence-electron chi connectivity index (χ2n) is 3.88. The molecule has 1 aliphatic heterocycles. The van der Waals surface area contributed by atoms with Crippen molar-refractivity contribution in [3.63, 3.8) is 0 Å². The van der Waals surface area contributed by atoms with Gasteiger partial charge in [-0.25, -0.2) is 0 Å². The van der Waals surface area contributed by atoms with E-state index in [1.807, 2.05) is 13.8 Å². The molecule has 1 aliphatic rings. The van der Waals surface area contributed by atoms with Gasteiger partial charge in [-0.05, 0) is 0 Å². The van der Waals surface area contributed by atoms with Gasteiger partial charge in [0.1, 0.15) is 0 Å². The average Bonchev–Trinajstić information content (AvgIpc) is 2.06. The first-order chi connectivity index (χ1) is 5.25. The molecule has 12 heavy (non-hydrogen) atoms. The van der Waals surface area contributed by atoms with E-state index in [9.17, 15) is 5.11 Å². The molecule has 0 aromatic rings. The molecule has 0 radical (unpaired) electrons. The molecule has 0 saturated heterocycles. The Morgan fingerprint density at radius 1 is 1.50 bits per heavy atom. The van der Waals surface area contributed by atoms with Crippen molar-refractivity contribution in [2.75, 3.05) is 0 Å². The van der Waals surface area contributed by atoms with E-state index in [0.29, 0.717) is 5.03 Å².